The third-order valence-corrected chi connectivity index (χ3v) is 15.2. The molecule has 0 spiro atoms. The minimum absolute atomic E-state index is 0.0252. The van der Waals surface area contributed by atoms with E-state index in [1.807, 2.05) is 6.07 Å². The number of aromatic nitrogens is 4. The Morgan fingerprint density at radius 2 is 1.79 bits per heavy atom. The number of amides is 1. The van der Waals surface area contributed by atoms with Gasteiger partial charge < -0.3 is 23.5 Å². The minimum Gasteiger partial charge on any atom is -0.408 e. The van der Waals surface area contributed by atoms with E-state index in [0.717, 1.165) is 18.1 Å². The monoisotopic (exact) mass is 687 g/mol. The number of nitrogens with zero attached hydrogens (tertiary/aromatic N) is 6. The molecule has 1 saturated heterocycles. The normalized spacial score (nSPS) is 20.7. The van der Waals surface area contributed by atoms with E-state index in [4.69, 9.17) is 23.5 Å². The number of benzene rings is 1. The second-order valence-corrected chi connectivity index (χ2v) is 18.2. The van der Waals surface area contributed by atoms with Crippen LogP contribution in [0.25, 0.3) is 11.2 Å². The van der Waals surface area contributed by atoms with Crippen LogP contribution in [0.2, 0.25) is 18.1 Å². The third kappa shape index (κ3) is 8.59. The molecule has 1 N–H and O–H groups in total. The van der Waals surface area contributed by atoms with Crippen molar-refractivity contribution in [3.63, 3.8) is 0 Å². The van der Waals surface area contributed by atoms with Crippen LogP contribution in [0.1, 0.15) is 71.5 Å². The van der Waals surface area contributed by atoms with Crippen molar-refractivity contribution < 1.29 is 27.4 Å². The molecule has 0 bridgehead atoms. The smallest absolute Gasteiger partial charge is 0.259 e. The van der Waals surface area contributed by atoms with Crippen molar-refractivity contribution in [3.05, 3.63) is 48.5 Å². The van der Waals surface area contributed by atoms with Crippen molar-refractivity contribution in [2.45, 2.75) is 110 Å². The first kappa shape index (κ1) is 36.9. The van der Waals surface area contributed by atoms with Gasteiger partial charge in [0.15, 0.2) is 37.7 Å². The zero-order valence-electron chi connectivity index (χ0n) is 28.3. The van der Waals surface area contributed by atoms with E-state index >= 15 is 4.39 Å². The van der Waals surface area contributed by atoms with E-state index in [9.17, 15) is 4.79 Å². The molecule has 5 atom stereocenters. The first-order chi connectivity index (χ1) is 22.6. The molecule has 256 valence electrons. The molecule has 3 aromatic rings. The number of hydrogen-bond acceptors (Lipinski definition) is 10. The summed E-state index contributed by atoms with van der Waals surface area (Å²) in [5.41, 5.74) is 1.09. The fraction of sp³-hybridized carbons (Fsp3) is 0.594. The summed E-state index contributed by atoms with van der Waals surface area (Å²) in [6.07, 6.45) is -1.34. The van der Waals surface area contributed by atoms with Gasteiger partial charge in [-0.15, -0.1) is 0 Å². The highest BCUT2D eigenvalue weighted by Crippen LogP contribution is 2.47. The van der Waals surface area contributed by atoms with Crippen molar-refractivity contribution in [2.24, 2.45) is 0 Å². The lowest BCUT2D eigenvalue weighted by Crippen LogP contribution is -2.46. The van der Waals surface area contributed by atoms with Gasteiger partial charge >= 0.3 is 0 Å². The number of imidazole rings is 1. The van der Waals surface area contributed by atoms with Gasteiger partial charge in [0.05, 0.1) is 32.0 Å². The Kier molecular flexibility index (Phi) is 13.3. The Morgan fingerprint density at radius 3 is 2.40 bits per heavy atom. The SMILES string of the molecule is CC[Si](CC)(CC)O[C@H]1[C@@H](F)[C@H](n2cnc3c(NC(=O)c4ccccc4)ncnc32)O[C@@H]1COP(OCCC#N)N(C(C)C)C(C)C. The number of anilines is 1. The highest BCUT2D eigenvalue weighted by Gasteiger charge is 2.51. The molecule has 47 heavy (non-hydrogen) atoms. The van der Waals surface area contributed by atoms with Crippen LogP contribution in [0.4, 0.5) is 10.2 Å². The molecule has 15 heteroatoms. The molecule has 1 aliphatic heterocycles. The second kappa shape index (κ2) is 17.0. The molecule has 1 unspecified atom stereocenters. The van der Waals surface area contributed by atoms with Crippen LogP contribution in [0.15, 0.2) is 43.0 Å². The molecule has 2 aromatic heterocycles. The zero-order valence-corrected chi connectivity index (χ0v) is 30.2. The van der Waals surface area contributed by atoms with Gasteiger partial charge in [-0.25, -0.2) is 24.0 Å². The molecule has 0 aliphatic carbocycles. The van der Waals surface area contributed by atoms with Gasteiger partial charge in [0.25, 0.3) is 14.4 Å². The molecule has 0 saturated carbocycles. The van der Waals surface area contributed by atoms with E-state index in [-0.39, 0.29) is 43.4 Å². The van der Waals surface area contributed by atoms with Gasteiger partial charge in [-0.1, -0.05) is 39.0 Å². The Balaban J connectivity index is 1.64. The molecule has 1 amide bonds. The van der Waals surface area contributed by atoms with Gasteiger partial charge in [-0.3, -0.25) is 9.36 Å². The average Bonchev–Trinajstić information content (AvgIpc) is 3.63. The van der Waals surface area contributed by atoms with Crippen LogP contribution in [-0.4, -0.2) is 82.1 Å². The molecule has 12 nitrogen and oxygen atoms in total. The van der Waals surface area contributed by atoms with E-state index < -0.39 is 41.5 Å². The highest BCUT2D eigenvalue weighted by atomic mass is 31.2. The third-order valence-electron chi connectivity index (χ3n) is 8.50. The van der Waals surface area contributed by atoms with E-state index in [1.165, 1.54) is 17.2 Å². The maximum Gasteiger partial charge on any atom is 0.259 e. The van der Waals surface area contributed by atoms with Crippen molar-refractivity contribution >= 4 is 39.7 Å². The summed E-state index contributed by atoms with van der Waals surface area (Å²) in [6, 6.07) is 13.6. The summed E-state index contributed by atoms with van der Waals surface area (Å²) >= 11 is 0. The lowest BCUT2D eigenvalue weighted by atomic mass is 10.1. The summed E-state index contributed by atoms with van der Waals surface area (Å²) < 4.78 is 46.1. The molecular formula is C32H47FN7O5PSi. The summed E-state index contributed by atoms with van der Waals surface area (Å²) in [7, 11) is -3.85. The minimum atomic E-state index is -2.28. The Labute approximate surface area is 279 Å². The largest absolute Gasteiger partial charge is 0.408 e. The topological polar surface area (TPSA) is 137 Å². The van der Waals surface area contributed by atoms with Gasteiger partial charge in [0.1, 0.15) is 18.5 Å². The molecule has 4 rings (SSSR count). The average molecular weight is 688 g/mol. The van der Waals surface area contributed by atoms with E-state index in [0.29, 0.717) is 16.7 Å². The van der Waals surface area contributed by atoms with Crippen LogP contribution < -0.4 is 5.32 Å². The van der Waals surface area contributed by atoms with Crippen molar-refractivity contribution in [1.82, 2.24) is 24.2 Å². The van der Waals surface area contributed by atoms with Crippen molar-refractivity contribution in [1.29, 1.82) is 5.26 Å². The van der Waals surface area contributed by atoms with Gasteiger partial charge in [0.2, 0.25) is 0 Å². The number of ether oxygens (including phenoxy) is 1. The van der Waals surface area contributed by atoms with Crippen LogP contribution >= 0.6 is 8.53 Å². The number of halogens is 1. The van der Waals surface area contributed by atoms with E-state index in [2.05, 4.69) is 79.5 Å². The molecule has 3 heterocycles. The highest BCUT2D eigenvalue weighted by molar-refractivity contribution is 7.44. The standard InChI is InChI=1S/C32H47FN7O5PSi/c1-8-47(9-2,10-3)45-28-25(19-43-46(42-18-14-17-34)40(22(4)5)23(6)7)44-32(26(28)33)39-21-37-27-29(35-20-36-30(27)39)38-31(41)24-15-12-11-13-16-24/h11-13,15-16,20-23,25-26,28,32H,8-10,14,18-19H2,1-7H3,(H,35,36,38,41)/t25-,26-,28-,32-,46?/m1/s1. The van der Waals surface area contributed by atoms with Crippen LogP contribution in [0, 0.1) is 11.3 Å². The number of fused-ring (bicyclic) bond motifs is 1. The molecule has 1 aliphatic rings. The first-order valence-electron chi connectivity index (χ1n) is 16.3. The predicted octanol–water partition coefficient (Wildman–Crippen LogP) is 7.00. The molecule has 1 fully saturated rings. The Hall–Kier alpha value is -2.89. The van der Waals surface area contributed by atoms with Gasteiger partial charge in [0, 0.05) is 17.6 Å². The first-order valence-corrected chi connectivity index (χ1v) is 20.0. The lowest BCUT2D eigenvalue weighted by molar-refractivity contribution is -0.0420. The quantitative estimate of drug-likeness (QED) is 0.0898. The number of rotatable bonds is 17. The van der Waals surface area contributed by atoms with E-state index in [1.54, 1.807) is 24.3 Å². The fourth-order valence-corrected chi connectivity index (χ4v) is 10.3. The summed E-state index contributed by atoms with van der Waals surface area (Å²) in [6.45, 7) is 14.8. The summed E-state index contributed by atoms with van der Waals surface area (Å²) in [4.78, 5) is 26.0. The van der Waals surface area contributed by atoms with Crippen LogP contribution in [0.3, 0.4) is 0 Å². The molecule has 1 aromatic carbocycles. The Bertz CT molecular complexity index is 1470. The second-order valence-electron chi connectivity index (χ2n) is 12.0. The Morgan fingerprint density at radius 1 is 1.11 bits per heavy atom. The van der Waals surface area contributed by atoms with Crippen molar-refractivity contribution in [3.8, 4) is 6.07 Å². The van der Waals surface area contributed by atoms with Gasteiger partial charge in [-0.2, -0.15) is 5.26 Å². The number of hydrogen-bond donors (Lipinski definition) is 1. The van der Waals surface area contributed by atoms with Crippen LogP contribution in [0.5, 0.6) is 0 Å². The van der Waals surface area contributed by atoms with Gasteiger partial charge in [-0.05, 0) is 58.0 Å². The summed E-state index contributed by atoms with van der Waals surface area (Å²) in [5, 5.41) is 11.9. The summed E-state index contributed by atoms with van der Waals surface area (Å²) in [5.74, 6) is -0.141. The van der Waals surface area contributed by atoms with Crippen LogP contribution in [-0.2, 0) is 18.2 Å². The van der Waals surface area contributed by atoms with Crippen molar-refractivity contribution in [2.75, 3.05) is 18.5 Å². The lowest BCUT2D eigenvalue weighted by Gasteiger charge is -2.37. The number of nitriles is 1. The zero-order chi connectivity index (χ0) is 34.1. The fourth-order valence-electron chi connectivity index (χ4n) is 5.83. The maximum atomic E-state index is 16.7. The predicted molar refractivity (Wildman–Crippen MR) is 182 cm³/mol. The number of alkyl halides is 1. The number of nitrogens with one attached hydrogen (secondary N) is 1. The maximum absolute atomic E-state index is 16.7. The number of carbonyl (C=O) groups is 1. The molecular weight excluding hydrogens is 640 g/mol. The number of carbonyl (C=O) groups excluding carboxylic acids is 1. The molecule has 0 radical (unpaired) electrons.